The third kappa shape index (κ3) is 3.28. The van der Waals surface area contributed by atoms with Crippen LogP contribution < -0.4 is 5.73 Å². The minimum atomic E-state index is -0.809. The van der Waals surface area contributed by atoms with Crippen LogP contribution in [0.5, 0.6) is 0 Å². The topological polar surface area (TPSA) is 72.6 Å². The molecule has 1 heterocycles. The maximum Gasteiger partial charge on any atom is 0.230 e. The number of hydrogen-bond donors (Lipinski definition) is 2. The zero-order valence-corrected chi connectivity index (χ0v) is 8.70. The third-order valence-corrected chi connectivity index (χ3v) is 2.50. The van der Waals surface area contributed by atoms with E-state index in [0.717, 1.165) is 13.1 Å². The van der Waals surface area contributed by atoms with Gasteiger partial charge in [-0.05, 0) is 0 Å². The molecule has 5 nitrogen and oxygen atoms in total. The molecule has 14 heavy (non-hydrogen) atoms. The molecule has 2 N–H and O–H groups in total. The standard InChI is InChI=1S/C8H14N2O3S/c9-7(11)6(8(12)14)5-10-1-3-13-4-2-10/h6H,1-5H2,(H2,9,11)(H,12,14). The molecule has 6 heteroatoms. The van der Waals surface area contributed by atoms with E-state index in [1.54, 1.807) is 0 Å². The summed E-state index contributed by atoms with van der Waals surface area (Å²) in [6, 6.07) is 0. The van der Waals surface area contributed by atoms with Gasteiger partial charge in [-0.1, -0.05) is 0 Å². The number of nitrogens with zero attached hydrogens (tertiary/aromatic N) is 1. The molecule has 80 valence electrons. The number of nitrogens with two attached hydrogens (primary N) is 1. The quantitative estimate of drug-likeness (QED) is 0.463. The summed E-state index contributed by atoms with van der Waals surface area (Å²) in [6.07, 6.45) is 0. The fraction of sp³-hybridized carbons (Fsp3) is 0.750. The average molecular weight is 218 g/mol. The van der Waals surface area contributed by atoms with E-state index in [0.29, 0.717) is 19.8 Å². The van der Waals surface area contributed by atoms with Crippen molar-refractivity contribution in [3.8, 4) is 0 Å². The van der Waals surface area contributed by atoms with Crippen molar-refractivity contribution in [1.29, 1.82) is 0 Å². The molecular weight excluding hydrogens is 204 g/mol. The van der Waals surface area contributed by atoms with Crippen molar-refractivity contribution in [3.05, 3.63) is 0 Å². The smallest absolute Gasteiger partial charge is 0.230 e. The fourth-order valence-electron chi connectivity index (χ4n) is 1.33. The summed E-state index contributed by atoms with van der Waals surface area (Å²) in [5.41, 5.74) is 5.09. The van der Waals surface area contributed by atoms with Crippen molar-refractivity contribution in [1.82, 2.24) is 4.90 Å². The Bertz CT molecular complexity index is 215. The molecule has 0 aromatic heterocycles. The van der Waals surface area contributed by atoms with Crippen molar-refractivity contribution in [2.24, 2.45) is 11.7 Å². The minimum absolute atomic E-state index is 0.348. The van der Waals surface area contributed by atoms with Crippen LogP contribution >= 0.6 is 12.6 Å². The Labute approximate surface area is 88.0 Å². The Morgan fingerprint density at radius 1 is 1.43 bits per heavy atom. The molecule has 1 saturated heterocycles. The second kappa shape index (κ2) is 5.33. The Kier molecular flexibility index (Phi) is 4.37. The van der Waals surface area contributed by atoms with Crippen LogP contribution in [0, 0.1) is 5.92 Å². The number of ether oxygens (including phenoxy) is 1. The van der Waals surface area contributed by atoms with Crippen LogP contribution in [-0.2, 0) is 14.3 Å². The highest BCUT2D eigenvalue weighted by Gasteiger charge is 2.25. The summed E-state index contributed by atoms with van der Waals surface area (Å²) < 4.78 is 5.14. The zero-order chi connectivity index (χ0) is 10.6. The first kappa shape index (κ1) is 11.5. The van der Waals surface area contributed by atoms with Crippen molar-refractivity contribution < 1.29 is 14.3 Å². The molecule has 1 unspecified atom stereocenters. The maximum absolute atomic E-state index is 11.0. The number of carbonyl (C=O) groups is 2. The molecular formula is C8H14N2O3S. The molecule has 0 aromatic carbocycles. The lowest BCUT2D eigenvalue weighted by molar-refractivity contribution is -0.129. The molecule has 0 saturated carbocycles. The largest absolute Gasteiger partial charge is 0.379 e. The lowest BCUT2D eigenvalue weighted by Gasteiger charge is -2.28. The van der Waals surface area contributed by atoms with Crippen molar-refractivity contribution in [2.45, 2.75) is 0 Å². The van der Waals surface area contributed by atoms with Crippen LogP contribution in [-0.4, -0.2) is 48.8 Å². The summed E-state index contributed by atoms with van der Waals surface area (Å²) in [5.74, 6) is -1.42. The van der Waals surface area contributed by atoms with Crippen LogP contribution in [0.25, 0.3) is 0 Å². The van der Waals surface area contributed by atoms with Crippen LogP contribution in [0.1, 0.15) is 0 Å². The third-order valence-electron chi connectivity index (χ3n) is 2.19. The summed E-state index contributed by atoms with van der Waals surface area (Å²) in [4.78, 5) is 23.9. The minimum Gasteiger partial charge on any atom is -0.379 e. The van der Waals surface area contributed by atoms with Crippen molar-refractivity contribution in [2.75, 3.05) is 32.8 Å². The Morgan fingerprint density at radius 2 is 2.00 bits per heavy atom. The first-order valence-corrected chi connectivity index (χ1v) is 4.88. The predicted molar refractivity (Wildman–Crippen MR) is 53.9 cm³/mol. The van der Waals surface area contributed by atoms with Gasteiger partial charge in [-0.25, -0.2) is 0 Å². The zero-order valence-electron chi connectivity index (χ0n) is 7.81. The van der Waals surface area contributed by atoms with Crippen LogP contribution in [0.2, 0.25) is 0 Å². The number of morpholine rings is 1. The van der Waals surface area contributed by atoms with Gasteiger partial charge in [0.15, 0.2) is 5.12 Å². The van der Waals surface area contributed by atoms with E-state index in [9.17, 15) is 9.59 Å². The van der Waals surface area contributed by atoms with Gasteiger partial charge in [0.2, 0.25) is 5.91 Å². The van der Waals surface area contributed by atoms with Gasteiger partial charge < -0.3 is 10.5 Å². The number of rotatable bonds is 4. The Balaban J connectivity index is 2.45. The second-order valence-electron chi connectivity index (χ2n) is 3.21. The van der Waals surface area contributed by atoms with Gasteiger partial charge in [0.05, 0.1) is 13.2 Å². The van der Waals surface area contributed by atoms with Gasteiger partial charge >= 0.3 is 0 Å². The number of hydrogen-bond acceptors (Lipinski definition) is 4. The predicted octanol–water partition coefficient (Wildman–Crippen LogP) is -1.12. The fourth-order valence-corrected chi connectivity index (χ4v) is 1.54. The van der Waals surface area contributed by atoms with E-state index in [-0.39, 0.29) is 0 Å². The molecule has 1 atom stereocenters. The molecule has 0 radical (unpaired) electrons. The SMILES string of the molecule is NC(=O)C(CN1CCOCC1)C(=O)S. The van der Waals surface area contributed by atoms with E-state index in [4.69, 9.17) is 10.5 Å². The second-order valence-corrected chi connectivity index (χ2v) is 3.65. The first-order valence-electron chi connectivity index (χ1n) is 4.43. The summed E-state index contributed by atoms with van der Waals surface area (Å²) in [7, 11) is 0. The molecule has 0 spiro atoms. The van der Waals surface area contributed by atoms with Gasteiger partial charge in [-0.2, -0.15) is 0 Å². The molecule has 1 amide bonds. The van der Waals surface area contributed by atoms with Gasteiger partial charge in [-0.15, -0.1) is 12.6 Å². The number of primary amides is 1. The lowest BCUT2D eigenvalue weighted by Crippen LogP contribution is -2.44. The van der Waals surface area contributed by atoms with E-state index >= 15 is 0 Å². The van der Waals surface area contributed by atoms with Crippen molar-refractivity contribution in [3.63, 3.8) is 0 Å². The number of carbonyl (C=O) groups excluding carboxylic acids is 2. The highest BCUT2D eigenvalue weighted by Crippen LogP contribution is 2.06. The molecule has 1 aliphatic rings. The monoisotopic (exact) mass is 218 g/mol. The van der Waals surface area contributed by atoms with Crippen LogP contribution in [0.3, 0.4) is 0 Å². The molecule has 1 rings (SSSR count). The molecule has 0 aromatic rings. The van der Waals surface area contributed by atoms with Gasteiger partial charge in [0.25, 0.3) is 0 Å². The van der Waals surface area contributed by atoms with Crippen LogP contribution in [0.4, 0.5) is 0 Å². The highest BCUT2D eigenvalue weighted by molar-refractivity contribution is 7.96. The van der Waals surface area contributed by atoms with Crippen molar-refractivity contribution >= 4 is 23.7 Å². The van der Waals surface area contributed by atoms with E-state index in [2.05, 4.69) is 12.6 Å². The Morgan fingerprint density at radius 3 is 2.43 bits per heavy atom. The number of amides is 1. The highest BCUT2D eigenvalue weighted by atomic mass is 32.1. The summed E-state index contributed by atoms with van der Waals surface area (Å²) in [5, 5.41) is -0.469. The van der Waals surface area contributed by atoms with Gasteiger partial charge in [0, 0.05) is 19.6 Å². The maximum atomic E-state index is 11.0. The first-order chi connectivity index (χ1) is 6.61. The average Bonchev–Trinajstić information content (AvgIpc) is 2.15. The molecule has 1 aliphatic heterocycles. The van der Waals surface area contributed by atoms with Gasteiger partial charge in [-0.3, -0.25) is 14.5 Å². The Hall–Kier alpha value is -0.590. The molecule has 0 aliphatic carbocycles. The van der Waals surface area contributed by atoms with Gasteiger partial charge in [0.1, 0.15) is 5.92 Å². The molecule has 1 fully saturated rings. The number of thiol groups is 1. The normalized spacial score (nSPS) is 20.4. The van der Waals surface area contributed by atoms with E-state index in [1.807, 2.05) is 4.90 Å². The van der Waals surface area contributed by atoms with E-state index in [1.165, 1.54) is 0 Å². The lowest BCUT2D eigenvalue weighted by atomic mass is 10.1. The van der Waals surface area contributed by atoms with Crippen LogP contribution in [0.15, 0.2) is 0 Å². The van der Waals surface area contributed by atoms with E-state index < -0.39 is 16.9 Å². The molecule has 0 bridgehead atoms. The summed E-state index contributed by atoms with van der Waals surface area (Å²) >= 11 is 3.63. The summed E-state index contributed by atoms with van der Waals surface area (Å²) in [6.45, 7) is 3.06.